The predicted molar refractivity (Wildman–Crippen MR) is 92.2 cm³/mol. The van der Waals surface area contributed by atoms with Gasteiger partial charge in [0.05, 0.1) is 19.3 Å². The minimum Gasteiger partial charge on any atom is -0.453 e. The number of nitrogens with zero attached hydrogens (tertiary/aromatic N) is 2. The molecule has 0 aliphatic carbocycles. The molecule has 1 aliphatic heterocycles. The zero-order valence-electron chi connectivity index (χ0n) is 13.5. The summed E-state index contributed by atoms with van der Waals surface area (Å²) < 4.78 is 17.7. The van der Waals surface area contributed by atoms with E-state index in [1.165, 1.54) is 30.6 Å². The summed E-state index contributed by atoms with van der Waals surface area (Å²) in [5.41, 5.74) is 1.36. The molecule has 2 N–H and O–H groups in total. The maximum absolute atomic E-state index is 13.2. The Morgan fingerprint density at radius 3 is 3.00 bits per heavy atom. The SMILES string of the molecule is COC(=O)Nc1nc2c(s1)CN(CC(=O)Nc1cccc(F)c1)CC2. The van der Waals surface area contributed by atoms with E-state index in [2.05, 4.69) is 20.4 Å². The van der Waals surface area contributed by atoms with Crippen LogP contribution in [-0.4, -0.2) is 42.1 Å². The number of fused-ring (bicyclic) bond motifs is 1. The topological polar surface area (TPSA) is 83.6 Å². The molecule has 3 rings (SSSR count). The standard InChI is InChI=1S/C16H17FN4O3S/c1-24-16(23)20-15-19-12-5-6-21(8-13(12)25-15)9-14(22)18-11-4-2-3-10(17)7-11/h2-4,7H,5-6,8-9H2,1H3,(H,18,22)(H,19,20,23). The predicted octanol–water partition coefficient (Wildman–Crippen LogP) is 2.46. The maximum atomic E-state index is 13.2. The van der Waals surface area contributed by atoms with Crippen molar-refractivity contribution < 1.29 is 18.7 Å². The van der Waals surface area contributed by atoms with E-state index in [4.69, 9.17) is 0 Å². The number of carbonyl (C=O) groups is 2. The average molecular weight is 364 g/mol. The lowest BCUT2D eigenvalue weighted by Crippen LogP contribution is -2.36. The maximum Gasteiger partial charge on any atom is 0.413 e. The molecule has 2 heterocycles. The molecule has 7 nitrogen and oxygen atoms in total. The van der Waals surface area contributed by atoms with E-state index in [9.17, 15) is 14.0 Å². The highest BCUT2D eigenvalue weighted by molar-refractivity contribution is 7.15. The van der Waals surface area contributed by atoms with Gasteiger partial charge in [0.1, 0.15) is 5.82 Å². The van der Waals surface area contributed by atoms with Gasteiger partial charge in [0.15, 0.2) is 5.13 Å². The number of aromatic nitrogens is 1. The molecule has 0 saturated heterocycles. The first-order valence-corrected chi connectivity index (χ1v) is 8.46. The molecule has 1 aromatic heterocycles. The number of anilines is 2. The number of methoxy groups -OCH3 is 1. The third kappa shape index (κ3) is 4.52. The molecule has 0 atom stereocenters. The molecule has 2 aromatic rings. The van der Waals surface area contributed by atoms with Gasteiger partial charge in [-0.05, 0) is 18.2 Å². The van der Waals surface area contributed by atoms with Crippen LogP contribution < -0.4 is 10.6 Å². The number of thiazole rings is 1. The number of amides is 2. The highest BCUT2D eigenvalue weighted by atomic mass is 32.1. The van der Waals surface area contributed by atoms with Crippen molar-refractivity contribution in [3.63, 3.8) is 0 Å². The second-order valence-corrected chi connectivity index (χ2v) is 6.61. The van der Waals surface area contributed by atoms with Crippen LogP contribution in [-0.2, 0) is 22.5 Å². The van der Waals surface area contributed by atoms with Crippen molar-refractivity contribution in [1.29, 1.82) is 0 Å². The van der Waals surface area contributed by atoms with Crippen molar-refractivity contribution in [2.75, 3.05) is 30.8 Å². The lowest BCUT2D eigenvalue weighted by molar-refractivity contribution is -0.117. The lowest BCUT2D eigenvalue weighted by Gasteiger charge is -2.25. The second-order valence-electron chi connectivity index (χ2n) is 5.52. The van der Waals surface area contributed by atoms with Crippen LogP contribution in [0.1, 0.15) is 10.6 Å². The van der Waals surface area contributed by atoms with Gasteiger partial charge in [-0.25, -0.2) is 14.2 Å². The van der Waals surface area contributed by atoms with Crippen molar-refractivity contribution in [2.24, 2.45) is 0 Å². The molecule has 1 aromatic carbocycles. The normalized spacial score (nSPS) is 13.8. The fraction of sp³-hybridized carbons (Fsp3) is 0.312. The zero-order chi connectivity index (χ0) is 17.8. The molecule has 9 heteroatoms. The molecule has 132 valence electrons. The molecule has 0 radical (unpaired) electrons. The fourth-order valence-corrected chi connectivity index (χ4v) is 3.58. The van der Waals surface area contributed by atoms with E-state index in [-0.39, 0.29) is 12.5 Å². The monoisotopic (exact) mass is 364 g/mol. The molecule has 0 saturated carbocycles. The van der Waals surface area contributed by atoms with Gasteiger partial charge in [0.2, 0.25) is 5.91 Å². The van der Waals surface area contributed by atoms with Gasteiger partial charge < -0.3 is 10.1 Å². The van der Waals surface area contributed by atoms with Crippen molar-refractivity contribution >= 4 is 34.2 Å². The highest BCUT2D eigenvalue weighted by Crippen LogP contribution is 2.28. The second kappa shape index (κ2) is 7.58. The Kier molecular flexibility index (Phi) is 5.25. The molecule has 0 fully saturated rings. The van der Waals surface area contributed by atoms with Gasteiger partial charge in [-0.3, -0.25) is 15.0 Å². The van der Waals surface area contributed by atoms with Crippen LogP contribution in [0.25, 0.3) is 0 Å². The quantitative estimate of drug-likeness (QED) is 0.871. The Morgan fingerprint density at radius 1 is 1.40 bits per heavy atom. The van der Waals surface area contributed by atoms with E-state index in [1.807, 2.05) is 4.90 Å². The zero-order valence-corrected chi connectivity index (χ0v) is 14.4. The summed E-state index contributed by atoms with van der Waals surface area (Å²) in [6.45, 7) is 1.46. The first kappa shape index (κ1) is 17.3. The first-order chi connectivity index (χ1) is 12.0. The Hall–Kier alpha value is -2.52. The van der Waals surface area contributed by atoms with Crippen LogP contribution in [0.3, 0.4) is 0 Å². The fourth-order valence-electron chi connectivity index (χ4n) is 2.54. The van der Waals surface area contributed by atoms with Crippen molar-refractivity contribution in [3.05, 3.63) is 40.7 Å². The van der Waals surface area contributed by atoms with E-state index >= 15 is 0 Å². The largest absolute Gasteiger partial charge is 0.453 e. The number of halogens is 1. The Labute approximate surface area is 147 Å². The molecule has 0 unspecified atom stereocenters. The van der Waals surface area contributed by atoms with Gasteiger partial charge >= 0.3 is 6.09 Å². The van der Waals surface area contributed by atoms with Crippen LogP contribution in [0.5, 0.6) is 0 Å². The number of ether oxygens (including phenoxy) is 1. The molecule has 2 amide bonds. The summed E-state index contributed by atoms with van der Waals surface area (Å²) in [6.07, 6.45) is 0.138. The third-order valence-corrected chi connectivity index (χ3v) is 4.68. The summed E-state index contributed by atoms with van der Waals surface area (Å²) >= 11 is 1.37. The molecule has 25 heavy (non-hydrogen) atoms. The summed E-state index contributed by atoms with van der Waals surface area (Å²) in [4.78, 5) is 30.7. The van der Waals surface area contributed by atoms with Crippen LogP contribution >= 0.6 is 11.3 Å². The molecule has 0 bridgehead atoms. The summed E-state index contributed by atoms with van der Waals surface area (Å²) in [5, 5.41) is 5.73. The van der Waals surface area contributed by atoms with Crippen LogP contribution in [0.2, 0.25) is 0 Å². The van der Waals surface area contributed by atoms with Crippen molar-refractivity contribution in [1.82, 2.24) is 9.88 Å². The third-order valence-electron chi connectivity index (χ3n) is 3.68. The first-order valence-electron chi connectivity index (χ1n) is 7.65. The number of nitrogens with one attached hydrogen (secondary N) is 2. The summed E-state index contributed by atoms with van der Waals surface area (Å²) in [5.74, 6) is -0.595. The van der Waals surface area contributed by atoms with Crippen molar-refractivity contribution in [3.8, 4) is 0 Å². The number of hydrogen-bond donors (Lipinski definition) is 2. The van der Waals surface area contributed by atoms with Crippen LogP contribution in [0, 0.1) is 5.82 Å². The molecule has 0 spiro atoms. The number of rotatable bonds is 4. The van der Waals surface area contributed by atoms with Gasteiger partial charge in [0, 0.05) is 30.1 Å². The number of benzene rings is 1. The highest BCUT2D eigenvalue weighted by Gasteiger charge is 2.23. The Bertz CT molecular complexity index is 795. The average Bonchev–Trinajstić information content (AvgIpc) is 2.96. The van der Waals surface area contributed by atoms with E-state index in [0.29, 0.717) is 30.3 Å². The number of hydrogen-bond acceptors (Lipinski definition) is 6. The van der Waals surface area contributed by atoms with Crippen LogP contribution in [0.15, 0.2) is 24.3 Å². The van der Waals surface area contributed by atoms with Gasteiger partial charge in [-0.15, -0.1) is 0 Å². The van der Waals surface area contributed by atoms with Crippen molar-refractivity contribution in [2.45, 2.75) is 13.0 Å². The van der Waals surface area contributed by atoms with E-state index in [0.717, 1.165) is 10.6 Å². The van der Waals surface area contributed by atoms with Gasteiger partial charge in [0.25, 0.3) is 0 Å². The lowest BCUT2D eigenvalue weighted by atomic mass is 10.2. The van der Waals surface area contributed by atoms with E-state index in [1.54, 1.807) is 12.1 Å². The molecular formula is C16H17FN4O3S. The summed E-state index contributed by atoms with van der Waals surface area (Å²) in [7, 11) is 1.29. The minimum atomic E-state index is -0.558. The summed E-state index contributed by atoms with van der Waals surface area (Å²) in [6, 6.07) is 5.79. The number of carbonyl (C=O) groups excluding carboxylic acids is 2. The van der Waals surface area contributed by atoms with Gasteiger partial charge in [-0.1, -0.05) is 17.4 Å². The van der Waals surface area contributed by atoms with E-state index < -0.39 is 11.9 Å². The minimum absolute atomic E-state index is 0.202. The molecular weight excluding hydrogens is 347 g/mol. The Morgan fingerprint density at radius 2 is 2.24 bits per heavy atom. The van der Waals surface area contributed by atoms with Gasteiger partial charge in [-0.2, -0.15) is 0 Å². The Balaban J connectivity index is 1.57. The smallest absolute Gasteiger partial charge is 0.413 e. The van der Waals surface area contributed by atoms with Crippen LogP contribution in [0.4, 0.5) is 20.0 Å². The molecule has 1 aliphatic rings.